The van der Waals surface area contributed by atoms with Crippen LogP contribution in [0.15, 0.2) is 0 Å². The first-order valence-corrected chi connectivity index (χ1v) is 0. The Balaban J connectivity index is 0. The molecule has 0 amide bonds. The molecule has 0 saturated heterocycles. The van der Waals surface area contributed by atoms with E-state index in [2.05, 4.69) is 0 Å². The largest absolute Gasteiger partial charge is 2.00 e. The fourth-order valence-electron chi connectivity index (χ4n) is 0. The molecule has 0 aliphatic heterocycles. The summed E-state index contributed by atoms with van der Waals surface area (Å²) >= 11 is 0. The van der Waals surface area contributed by atoms with Crippen LogP contribution >= 0.6 is 0 Å². The Hall–Kier alpha value is 1.52. The first-order chi connectivity index (χ1) is 0. The zero-order valence-corrected chi connectivity index (χ0v) is 11.9. The molecule has 0 aromatic carbocycles. The van der Waals surface area contributed by atoms with Crippen LogP contribution < -0.4 is 0 Å². The summed E-state index contributed by atoms with van der Waals surface area (Å²) in [5, 5.41) is 0. The van der Waals surface area contributed by atoms with E-state index in [1.54, 1.807) is 0 Å². The number of hydrogen-bond donors (Lipinski definition) is 0. The predicted molar refractivity (Wildman–Crippen MR) is 9.61 cm³/mol. The fourth-order valence-corrected chi connectivity index (χ4v) is 0. The molecule has 0 spiro atoms. The second-order valence-electron chi connectivity index (χ2n) is 0. The Morgan fingerprint density at radius 3 is 0.111 bits per heavy atom. The van der Waals surface area contributed by atoms with Crippen molar-refractivity contribution in [2.45, 2.75) is 0 Å². The molecular weight excluding hydrogens is 444 g/mol. The van der Waals surface area contributed by atoms with Crippen LogP contribution in [0, 0.1) is 0 Å². The van der Waals surface area contributed by atoms with Crippen LogP contribution in [0.1, 0.15) is 0 Å². The quantitative estimate of drug-likeness (QED) is 0.378. The van der Waals surface area contributed by atoms with Gasteiger partial charge in [0.2, 0.25) is 0 Å². The molecule has 0 fully saturated rings. The maximum Gasteiger partial charge on any atom is 0 e. The SMILES string of the molecule is [Mn].[Mn].[Mn].[Mn].[O-2].[O-2].[O-2].[O-2].[O-2].[O-2].[O-2].[O-2].[O-2].[O-2].[O-2].[O-2].[O-2].[O-2]. The van der Waals surface area contributed by atoms with Crippen molar-refractivity contribution < 1.29 is 145 Å². The second kappa shape index (κ2) is 2470. The molecule has 0 N–H and O–H groups in total. The van der Waals surface area contributed by atoms with Crippen LogP contribution in [0.5, 0.6) is 0 Å². The van der Waals surface area contributed by atoms with E-state index >= 15 is 0 Å². The van der Waals surface area contributed by atoms with Crippen molar-refractivity contribution in [2.75, 3.05) is 0 Å². The van der Waals surface area contributed by atoms with Crippen molar-refractivity contribution >= 4 is 0 Å². The monoisotopic (exact) mass is 444 g/mol. The third-order valence-electron chi connectivity index (χ3n) is 0. The molecule has 0 bridgehead atoms. The molecule has 140 valence electrons. The maximum absolute atomic E-state index is 0. The number of rotatable bonds is 0. The summed E-state index contributed by atoms with van der Waals surface area (Å²) in [5.41, 5.74) is 0. The Bertz CT molecular complexity index is 13.8. The molecule has 18 heteroatoms. The molecule has 0 aliphatic rings. The minimum atomic E-state index is 0. The predicted octanol–water partition coefficient (Wildman–Crippen LogP) is -1.67. The first kappa shape index (κ1) is 2900. The fraction of sp³-hybridized carbons (Fsp3) is 0. The molecule has 0 saturated carbocycles. The Morgan fingerprint density at radius 1 is 0.111 bits per heavy atom. The molecule has 0 atom stereocenters. The van der Waals surface area contributed by atoms with E-state index in [4.69, 9.17) is 0 Å². The molecular formula is Mn4O14-28. The molecule has 18 heavy (non-hydrogen) atoms. The van der Waals surface area contributed by atoms with Gasteiger partial charge >= 0.3 is 0 Å². The van der Waals surface area contributed by atoms with Crippen LogP contribution in [0.4, 0.5) is 0 Å². The Morgan fingerprint density at radius 2 is 0.111 bits per heavy atom. The van der Waals surface area contributed by atoms with Gasteiger partial charge in [-0.3, -0.25) is 0 Å². The van der Waals surface area contributed by atoms with Gasteiger partial charge in [0.05, 0.1) is 0 Å². The standard InChI is InChI=1S/4Mn.14O/q;;;;14*-2. The minimum absolute atomic E-state index is 0. The average molecular weight is 444 g/mol. The van der Waals surface area contributed by atoms with Crippen molar-refractivity contribution in [3.63, 3.8) is 0 Å². The summed E-state index contributed by atoms with van der Waals surface area (Å²) in [6, 6.07) is 0. The van der Waals surface area contributed by atoms with Crippen molar-refractivity contribution in [3.8, 4) is 0 Å². The van der Waals surface area contributed by atoms with Crippen molar-refractivity contribution in [1.82, 2.24) is 0 Å². The van der Waals surface area contributed by atoms with Crippen molar-refractivity contribution in [2.24, 2.45) is 0 Å². The Kier molecular flexibility index (Phi) is 398000. The minimum Gasteiger partial charge on any atom is -2.00 e. The van der Waals surface area contributed by atoms with Gasteiger partial charge < -0.3 is 76.7 Å². The zero-order valence-electron chi connectivity index (χ0n) is 7.23. The molecule has 0 heterocycles. The van der Waals surface area contributed by atoms with Gasteiger partial charge in [-0.2, -0.15) is 0 Å². The van der Waals surface area contributed by atoms with E-state index in [9.17, 15) is 0 Å². The summed E-state index contributed by atoms with van der Waals surface area (Å²) in [7, 11) is 0. The topological polar surface area (TPSA) is 399 Å². The van der Waals surface area contributed by atoms with Gasteiger partial charge in [-0.1, -0.05) is 0 Å². The molecule has 0 rings (SSSR count). The van der Waals surface area contributed by atoms with Crippen LogP contribution in [0.25, 0.3) is 0 Å². The summed E-state index contributed by atoms with van der Waals surface area (Å²) in [5.74, 6) is 0. The average Bonchev–Trinajstić information content (AvgIpc) is 0. The third kappa shape index (κ3) is 2070. The van der Waals surface area contributed by atoms with E-state index in [0.29, 0.717) is 0 Å². The first-order valence-electron chi connectivity index (χ1n) is 0. The van der Waals surface area contributed by atoms with Crippen LogP contribution in [-0.4, -0.2) is 0 Å². The van der Waals surface area contributed by atoms with Crippen LogP contribution in [0.2, 0.25) is 0 Å². The normalized spacial score (nSPS) is 0. The molecule has 0 aliphatic carbocycles. The molecule has 4 radical (unpaired) electrons. The van der Waals surface area contributed by atoms with Gasteiger partial charge in [0.1, 0.15) is 0 Å². The van der Waals surface area contributed by atoms with Crippen molar-refractivity contribution in [1.29, 1.82) is 0 Å². The van der Waals surface area contributed by atoms with Crippen LogP contribution in [0.3, 0.4) is 0 Å². The van der Waals surface area contributed by atoms with E-state index in [-0.39, 0.29) is 145 Å². The van der Waals surface area contributed by atoms with Gasteiger partial charge in [0, 0.05) is 68.3 Å². The molecule has 0 aromatic heterocycles. The van der Waals surface area contributed by atoms with Crippen molar-refractivity contribution in [3.05, 3.63) is 0 Å². The van der Waals surface area contributed by atoms with Gasteiger partial charge in [-0.15, -0.1) is 0 Å². The summed E-state index contributed by atoms with van der Waals surface area (Å²) < 4.78 is 0. The smallest absolute Gasteiger partial charge is 0 e. The van der Waals surface area contributed by atoms with Gasteiger partial charge in [-0.05, 0) is 0 Å². The molecule has 0 aromatic rings. The zero-order chi connectivity index (χ0) is 0. The van der Waals surface area contributed by atoms with E-state index in [1.165, 1.54) is 0 Å². The molecule has 0 unspecified atom stereocenters. The summed E-state index contributed by atoms with van der Waals surface area (Å²) in [4.78, 5) is 0. The number of hydrogen-bond acceptors (Lipinski definition) is 0. The van der Waals surface area contributed by atoms with Gasteiger partial charge in [-0.25, -0.2) is 0 Å². The Labute approximate surface area is 144 Å². The van der Waals surface area contributed by atoms with Gasteiger partial charge in [0.15, 0.2) is 0 Å². The summed E-state index contributed by atoms with van der Waals surface area (Å²) in [6.07, 6.45) is 0. The van der Waals surface area contributed by atoms with E-state index in [1.807, 2.05) is 0 Å². The summed E-state index contributed by atoms with van der Waals surface area (Å²) in [6.45, 7) is 0. The second-order valence-corrected chi connectivity index (χ2v) is 0. The molecule has 14 nitrogen and oxygen atoms in total. The van der Waals surface area contributed by atoms with E-state index in [0.717, 1.165) is 0 Å². The van der Waals surface area contributed by atoms with Gasteiger partial charge in [0.25, 0.3) is 0 Å². The third-order valence-corrected chi connectivity index (χ3v) is 0. The van der Waals surface area contributed by atoms with Crippen LogP contribution in [-0.2, 0) is 145 Å². The van der Waals surface area contributed by atoms with E-state index < -0.39 is 0 Å². The maximum atomic E-state index is 0.